The Morgan fingerprint density at radius 3 is 2.63 bits per heavy atom. The molecule has 2 aromatic rings. The van der Waals surface area contributed by atoms with E-state index in [1.807, 2.05) is 6.07 Å². The van der Waals surface area contributed by atoms with Crippen LogP contribution in [0.3, 0.4) is 0 Å². The van der Waals surface area contributed by atoms with Crippen LogP contribution in [0, 0.1) is 0 Å². The Kier molecular flexibility index (Phi) is 5.48. The van der Waals surface area contributed by atoms with Crippen LogP contribution in [0.5, 0.6) is 0 Å². The van der Waals surface area contributed by atoms with Crippen molar-refractivity contribution in [1.29, 1.82) is 0 Å². The van der Waals surface area contributed by atoms with Crippen molar-refractivity contribution in [2.24, 2.45) is 0 Å². The number of nitrogens with one attached hydrogen (secondary N) is 1. The van der Waals surface area contributed by atoms with Gasteiger partial charge in [0.15, 0.2) is 0 Å². The highest BCUT2D eigenvalue weighted by Crippen LogP contribution is 2.33. The molecular weight excluding hydrogens is 370 g/mol. The number of benzene rings is 1. The van der Waals surface area contributed by atoms with Crippen LogP contribution >= 0.6 is 31.9 Å². The van der Waals surface area contributed by atoms with E-state index in [4.69, 9.17) is 4.42 Å². The lowest BCUT2D eigenvalue weighted by Gasteiger charge is -2.14. The summed E-state index contributed by atoms with van der Waals surface area (Å²) < 4.78 is 8.09. The predicted octanol–water partition coefficient (Wildman–Crippen LogP) is 5.80. The summed E-state index contributed by atoms with van der Waals surface area (Å²) in [6.07, 6.45) is 3.37. The Balaban J connectivity index is 2.34. The minimum Gasteiger partial charge on any atom is -0.458 e. The molecule has 0 amide bonds. The lowest BCUT2D eigenvalue weighted by molar-refractivity contribution is 0.407. The molecule has 104 valence electrons. The van der Waals surface area contributed by atoms with E-state index in [2.05, 4.69) is 63.2 Å². The van der Waals surface area contributed by atoms with Crippen LogP contribution in [-0.2, 0) is 0 Å². The van der Waals surface area contributed by atoms with E-state index >= 15 is 0 Å². The molecule has 0 aliphatic carbocycles. The molecule has 0 bridgehead atoms. The molecule has 0 aliphatic heterocycles. The average Bonchev–Trinajstić information content (AvgIpc) is 2.78. The Labute approximate surface area is 131 Å². The quantitative estimate of drug-likeness (QED) is 0.676. The number of hydrogen-bond donors (Lipinski definition) is 1. The van der Waals surface area contributed by atoms with Gasteiger partial charge in [0.2, 0.25) is 0 Å². The Hall–Kier alpha value is -0.320. The fraction of sp³-hybridized carbons (Fsp3) is 0.467. The number of rotatable bonds is 6. The van der Waals surface area contributed by atoms with Gasteiger partial charge in [0.25, 0.3) is 0 Å². The maximum Gasteiger partial charge on any atom is 0.148 e. The van der Waals surface area contributed by atoms with Crippen LogP contribution < -0.4 is 5.32 Å². The second kappa shape index (κ2) is 6.91. The van der Waals surface area contributed by atoms with Crippen LogP contribution in [0.25, 0.3) is 11.0 Å². The largest absolute Gasteiger partial charge is 0.458 e. The topological polar surface area (TPSA) is 25.2 Å². The fourth-order valence-electron chi connectivity index (χ4n) is 2.22. The highest BCUT2D eigenvalue weighted by Gasteiger charge is 2.16. The van der Waals surface area contributed by atoms with Gasteiger partial charge >= 0.3 is 0 Å². The summed E-state index contributed by atoms with van der Waals surface area (Å²) in [4.78, 5) is 0. The first kappa shape index (κ1) is 15.1. The molecular formula is C15H19Br2NO. The third-order valence-electron chi connectivity index (χ3n) is 3.12. The normalized spacial score (nSPS) is 13.1. The first-order valence-corrected chi connectivity index (χ1v) is 8.36. The first-order chi connectivity index (χ1) is 9.15. The lowest BCUT2D eigenvalue weighted by Crippen LogP contribution is -2.21. The summed E-state index contributed by atoms with van der Waals surface area (Å²) in [5, 5.41) is 4.70. The Bertz CT molecular complexity index is 550. The molecule has 1 heterocycles. The maximum absolute atomic E-state index is 6.04. The van der Waals surface area contributed by atoms with Crippen molar-refractivity contribution < 1.29 is 4.42 Å². The number of furan rings is 1. The van der Waals surface area contributed by atoms with E-state index < -0.39 is 0 Å². The molecule has 1 unspecified atom stereocenters. The van der Waals surface area contributed by atoms with Gasteiger partial charge in [0.05, 0.1) is 10.5 Å². The molecule has 19 heavy (non-hydrogen) atoms. The number of fused-ring (bicyclic) bond motifs is 1. The first-order valence-electron chi connectivity index (χ1n) is 6.77. The van der Waals surface area contributed by atoms with E-state index in [0.717, 1.165) is 51.5 Å². The molecule has 1 N–H and O–H groups in total. The summed E-state index contributed by atoms with van der Waals surface area (Å²) >= 11 is 7.07. The van der Waals surface area contributed by atoms with Crippen molar-refractivity contribution in [1.82, 2.24) is 5.32 Å². The molecule has 1 aromatic heterocycles. The third-order valence-corrected chi connectivity index (χ3v) is 4.16. The minimum absolute atomic E-state index is 0.308. The van der Waals surface area contributed by atoms with Crippen LogP contribution in [0.15, 0.2) is 31.6 Å². The SMILES string of the molecule is CCCNC(CCC)c1cc2cc(Br)cc(Br)c2o1. The zero-order valence-corrected chi connectivity index (χ0v) is 14.5. The Morgan fingerprint density at radius 2 is 1.95 bits per heavy atom. The van der Waals surface area contributed by atoms with Crippen molar-refractivity contribution in [2.75, 3.05) is 6.54 Å². The van der Waals surface area contributed by atoms with Crippen molar-refractivity contribution in [3.05, 3.63) is 32.9 Å². The van der Waals surface area contributed by atoms with Crippen LogP contribution in [0.1, 0.15) is 44.9 Å². The average molecular weight is 389 g/mol. The van der Waals surface area contributed by atoms with Gasteiger partial charge in [-0.15, -0.1) is 0 Å². The smallest absolute Gasteiger partial charge is 0.148 e. The van der Waals surface area contributed by atoms with Gasteiger partial charge in [-0.3, -0.25) is 0 Å². The lowest BCUT2D eigenvalue weighted by atomic mass is 10.1. The van der Waals surface area contributed by atoms with E-state index in [1.165, 1.54) is 0 Å². The van der Waals surface area contributed by atoms with E-state index in [0.29, 0.717) is 6.04 Å². The van der Waals surface area contributed by atoms with E-state index in [-0.39, 0.29) is 0 Å². The van der Waals surface area contributed by atoms with Crippen LogP contribution in [-0.4, -0.2) is 6.54 Å². The van der Waals surface area contributed by atoms with Crippen molar-refractivity contribution in [3.63, 3.8) is 0 Å². The van der Waals surface area contributed by atoms with Gasteiger partial charge in [-0.1, -0.05) is 36.2 Å². The van der Waals surface area contributed by atoms with Gasteiger partial charge in [0, 0.05) is 9.86 Å². The van der Waals surface area contributed by atoms with Crippen molar-refractivity contribution in [2.45, 2.75) is 39.2 Å². The van der Waals surface area contributed by atoms with E-state index in [9.17, 15) is 0 Å². The zero-order valence-electron chi connectivity index (χ0n) is 11.3. The molecule has 0 saturated carbocycles. The molecule has 0 aliphatic rings. The number of halogens is 2. The highest BCUT2D eigenvalue weighted by molar-refractivity contribution is 9.11. The monoisotopic (exact) mass is 387 g/mol. The summed E-state index contributed by atoms with van der Waals surface area (Å²) in [6.45, 7) is 5.41. The molecule has 0 spiro atoms. The van der Waals surface area contributed by atoms with Gasteiger partial charge in [-0.2, -0.15) is 0 Å². The molecule has 1 aromatic carbocycles. The molecule has 1 atom stereocenters. The summed E-state index contributed by atoms with van der Waals surface area (Å²) in [5.41, 5.74) is 0.928. The zero-order chi connectivity index (χ0) is 13.8. The predicted molar refractivity (Wildman–Crippen MR) is 87.6 cm³/mol. The molecule has 0 radical (unpaired) electrons. The molecule has 4 heteroatoms. The third kappa shape index (κ3) is 3.61. The molecule has 0 saturated heterocycles. The van der Waals surface area contributed by atoms with Crippen molar-refractivity contribution >= 4 is 42.8 Å². The second-order valence-corrected chi connectivity index (χ2v) is 6.52. The molecule has 2 nitrogen and oxygen atoms in total. The Morgan fingerprint density at radius 1 is 1.16 bits per heavy atom. The standard InChI is InChI=1S/C15H19Br2NO/c1-3-5-13(18-6-4-2)14-8-10-7-11(16)9-12(17)15(10)19-14/h7-9,13,18H,3-6H2,1-2H3. The highest BCUT2D eigenvalue weighted by atomic mass is 79.9. The van der Waals surface area contributed by atoms with E-state index in [1.54, 1.807) is 0 Å². The second-order valence-electron chi connectivity index (χ2n) is 4.75. The van der Waals surface area contributed by atoms with Gasteiger partial charge in [-0.25, -0.2) is 0 Å². The number of hydrogen-bond acceptors (Lipinski definition) is 2. The van der Waals surface area contributed by atoms with Crippen LogP contribution in [0.2, 0.25) is 0 Å². The van der Waals surface area contributed by atoms with Gasteiger partial charge in [-0.05, 0) is 53.5 Å². The van der Waals surface area contributed by atoms with Crippen LogP contribution in [0.4, 0.5) is 0 Å². The van der Waals surface area contributed by atoms with Gasteiger partial charge in [0.1, 0.15) is 11.3 Å². The summed E-state index contributed by atoms with van der Waals surface area (Å²) in [5.74, 6) is 1.03. The maximum atomic E-state index is 6.04. The van der Waals surface area contributed by atoms with Crippen molar-refractivity contribution in [3.8, 4) is 0 Å². The summed E-state index contributed by atoms with van der Waals surface area (Å²) in [7, 11) is 0. The summed E-state index contributed by atoms with van der Waals surface area (Å²) in [6, 6.07) is 6.57. The molecule has 0 fully saturated rings. The fourth-order valence-corrected chi connectivity index (χ4v) is 3.56. The minimum atomic E-state index is 0.308. The molecule has 2 rings (SSSR count). The van der Waals surface area contributed by atoms with Gasteiger partial charge < -0.3 is 9.73 Å².